The Bertz CT molecular complexity index is 225. The van der Waals surface area contributed by atoms with Crippen LogP contribution in [0.15, 0.2) is 0 Å². The number of hydrogen-bond acceptors (Lipinski definition) is 3. The molecule has 4 nitrogen and oxygen atoms in total. The third-order valence-corrected chi connectivity index (χ3v) is 3.01. The van der Waals surface area contributed by atoms with Crippen LogP contribution in [0, 0.1) is 5.92 Å². The van der Waals surface area contributed by atoms with Crippen LogP contribution in [0.4, 0.5) is 0 Å². The van der Waals surface area contributed by atoms with Crippen molar-refractivity contribution in [2.75, 3.05) is 32.7 Å². The zero-order chi connectivity index (χ0) is 12.7. The normalized spacial score (nSPS) is 20.2. The largest absolute Gasteiger partial charge is 0.355 e. The van der Waals surface area contributed by atoms with Crippen molar-refractivity contribution in [3.8, 4) is 0 Å². The van der Waals surface area contributed by atoms with Crippen molar-refractivity contribution in [2.24, 2.45) is 5.92 Å². The van der Waals surface area contributed by atoms with Crippen LogP contribution in [0.2, 0.25) is 0 Å². The molecule has 0 bridgehead atoms. The van der Waals surface area contributed by atoms with Gasteiger partial charge in [-0.05, 0) is 32.2 Å². The molecule has 1 saturated heterocycles. The molecule has 1 aliphatic heterocycles. The first-order valence-electron chi connectivity index (χ1n) is 6.84. The van der Waals surface area contributed by atoms with Gasteiger partial charge in [-0.15, -0.1) is 0 Å². The van der Waals surface area contributed by atoms with Gasteiger partial charge in [0.2, 0.25) is 5.91 Å². The second kappa shape index (κ2) is 7.67. The van der Waals surface area contributed by atoms with Crippen molar-refractivity contribution in [2.45, 2.75) is 39.7 Å². The summed E-state index contributed by atoms with van der Waals surface area (Å²) < 4.78 is 0. The number of hydrogen-bond donors (Lipinski definition) is 2. The number of nitrogens with zero attached hydrogens (tertiary/aromatic N) is 1. The molecule has 0 radical (unpaired) electrons. The first kappa shape index (κ1) is 14.5. The van der Waals surface area contributed by atoms with Crippen LogP contribution in [0.1, 0.15) is 33.6 Å². The van der Waals surface area contributed by atoms with E-state index in [9.17, 15) is 4.79 Å². The lowest BCUT2D eigenvalue weighted by Gasteiger charge is -2.26. The van der Waals surface area contributed by atoms with Crippen LogP contribution < -0.4 is 10.6 Å². The molecule has 4 heteroatoms. The van der Waals surface area contributed by atoms with E-state index < -0.39 is 0 Å². The van der Waals surface area contributed by atoms with Crippen LogP contribution in [0.5, 0.6) is 0 Å². The van der Waals surface area contributed by atoms with E-state index in [1.807, 2.05) is 6.92 Å². The number of amides is 1. The fourth-order valence-corrected chi connectivity index (χ4v) is 2.40. The van der Waals surface area contributed by atoms with E-state index in [0.29, 0.717) is 18.5 Å². The molecule has 1 amide bonds. The average molecular weight is 241 g/mol. The topological polar surface area (TPSA) is 44.4 Å². The lowest BCUT2D eigenvalue weighted by molar-refractivity contribution is -0.122. The third kappa shape index (κ3) is 6.03. The van der Waals surface area contributed by atoms with Gasteiger partial charge in [-0.3, -0.25) is 9.69 Å². The minimum atomic E-state index is 0.145. The van der Waals surface area contributed by atoms with Gasteiger partial charge in [0.15, 0.2) is 0 Å². The van der Waals surface area contributed by atoms with Gasteiger partial charge in [0.25, 0.3) is 0 Å². The summed E-state index contributed by atoms with van der Waals surface area (Å²) in [5, 5.41) is 6.37. The Morgan fingerprint density at radius 2 is 2.29 bits per heavy atom. The lowest BCUT2D eigenvalue weighted by Crippen LogP contribution is -2.44. The van der Waals surface area contributed by atoms with E-state index in [-0.39, 0.29) is 5.91 Å². The van der Waals surface area contributed by atoms with E-state index in [1.54, 1.807) is 0 Å². The van der Waals surface area contributed by atoms with Gasteiger partial charge in [-0.25, -0.2) is 0 Å². The maximum Gasteiger partial charge on any atom is 0.234 e. The SMILES string of the molecule is CCNC(=O)CN(CC(C)C)CC1CCCN1. The van der Waals surface area contributed by atoms with E-state index in [4.69, 9.17) is 0 Å². The zero-order valence-electron chi connectivity index (χ0n) is 11.5. The summed E-state index contributed by atoms with van der Waals surface area (Å²) in [5.74, 6) is 0.747. The molecule has 1 rings (SSSR count). The molecular weight excluding hydrogens is 214 g/mol. The Morgan fingerprint density at radius 1 is 1.53 bits per heavy atom. The molecule has 0 aromatic heterocycles. The fourth-order valence-electron chi connectivity index (χ4n) is 2.40. The highest BCUT2D eigenvalue weighted by atomic mass is 16.2. The highest BCUT2D eigenvalue weighted by Gasteiger charge is 2.19. The second-order valence-corrected chi connectivity index (χ2v) is 5.33. The summed E-state index contributed by atoms with van der Waals surface area (Å²) in [6.45, 7) is 10.7. The van der Waals surface area contributed by atoms with E-state index in [1.165, 1.54) is 12.8 Å². The molecule has 2 N–H and O–H groups in total. The highest BCUT2D eigenvalue weighted by molar-refractivity contribution is 5.77. The van der Waals surface area contributed by atoms with Gasteiger partial charge in [0.1, 0.15) is 0 Å². The van der Waals surface area contributed by atoms with Crippen LogP contribution in [0.3, 0.4) is 0 Å². The van der Waals surface area contributed by atoms with Crippen LogP contribution in [0.25, 0.3) is 0 Å². The molecule has 0 saturated carbocycles. The molecular formula is C13H27N3O. The van der Waals surface area contributed by atoms with E-state index >= 15 is 0 Å². The number of rotatable bonds is 7. The van der Waals surface area contributed by atoms with Crippen molar-refractivity contribution in [1.29, 1.82) is 0 Å². The predicted octanol–water partition coefficient (Wildman–Crippen LogP) is 0.833. The van der Waals surface area contributed by atoms with E-state index in [0.717, 1.165) is 26.2 Å². The molecule has 100 valence electrons. The summed E-state index contributed by atoms with van der Waals surface area (Å²) in [6.07, 6.45) is 2.51. The molecule has 1 unspecified atom stereocenters. The Morgan fingerprint density at radius 3 is 2.82 bits per heavy atom. The molecule has 0 aliphatic carbocycles. The highest BCUT2D eigenvalue weighted by Crippen LogP contribution is 2.08. The smallest absolute Gasteiger partial charge is 0.234 e. The average Bonchev–Trinajstić information content (AvgIpc) is 2.69. The zero-order valence-corrected chi connectivity index (χ0v) is 11.5. The maximum atomic E-state index is 11.6. The Balaban J connectivity index is 2.38. The monoisotopic (exact) mass is 241 g/mol. The van der Waals surface area contributed by atoms with Gasteiger partial charge >= 0.3 is 0 Å². The van der Waals surface area contributed by atoms with Crippen LogP contribution in [-0.2, 0) is 4.79 Å². The number of likely N-dealkylation sites (N-methyl/N-ethyl adjacent to an activating group) is 1. The number of nitrogens with one attached hydrogen (secondary N) is 2. The predicted molar refractivity (Wildman–Crippen MR) is 71.0 cm³/mol. The van der Waals surface area contributed by atoms with Crippen molar-refractivity contribution >= 4 is 5.91 Å². The van der Waals surface area contributed by atoms with Gasteiger partial charge in [0.05, 0.1) is 6.54 Å². The quantitative estimate of drug-likeness (QED) is 0.694. The summed E-state index contributed by atoms with van der Waals surface area (Å²) in [4.78, 5) is 13.9. The molecule has 17 heavy (non-hydrogen) atoms. The number of carbonyl (C=O) groups excluding carboxylic acids is 1. The molecule has 1 heterocycles. The van der Waals surface area contributed by atoms with Crippen molar-refractivity contribution < 1.29 is 4.79 Å². The molecule has 0 spiro atoms. The summed E-state index contributed by atoms with van der Waals surface area (Å²) in [6, 6.07) is 0.572. The summed E-state index contributed by atoms with van der Waals surface area (Å²) >= 11 is 0. The molecule has 0 aromatic carbocycles. The van der Waals surface area contributed by atoms with Crippen molar-refractivity contribution in [3.05, 3.63) is 0 Å². The summed E-state index contributed by atoms with van der Waals surface area (Å²) in [7, 11) is 0. The fraction of sp³-hybridized carbons (Fsp3) is 0.923. The molecule has 1 aliphatic rings. The number of carbonyl (C=O) groups is 1. The lowest BCUT2D eigenvalue weighted by atomic mass is 10.1. The maximum absolute atomic E-state index is 11.6. The van der Waals surface area contributed by atoms with Crippen LogP contribution in [-0.4, -0.2) is 49.6 Å². The van der Waals surface area contributed by atoms with Crippen molar-refractivity contribution in [1.82, 2.24) is 15.5 Å². The Kier molecular flexibility index (Phi) is 6.52. The second-order valence-electron chi connectivity index (χ2n) is 5.33. The van der Waals surface area contributed by atoms with Gasteiger partial charge in [-0.1, -0.05) is 13.8 Å². The van der Waals surface area contributed by atoms with Gasteiger partial charge < -0.3 is 10.6 Å². The van der Waals surface area contributed by atoms with Gasteiger partial charge in [0, 0.05) is 25.7 Å². The molecule has 0 aromatic rings. The minimum Gasteiger partial charge on any atom is -0.355 e. The minimum absolute atomic E-state index is 0.145. The molecule has 1 fully saturated rings. The van der Waals surface area contributed by atoms with Crippen LogP contribution >= 0.6 is 0 Å². The first-order valence-corrected chi connectivity index (χ1v) is 6.84. The third-order valence-electron chi connectivity index (χ3n) is 3.01. The Labute approximate surface area is 105 Å². The summed E-state index contributed by atoms with van der Waals surface area (Å²) in [5.41, 5.74) is 0. The van der Waals surface area contributed by atoms with Crippen molar-refractivity contribution in [3.63, 3.8) is 0 Å². The van der Waals surface area contributed by atoms with E-state index in [2.05, 4.69) is 29.4 Å². The Hall–Kier alpha value is -0.610. The van der Waals surface area contributed by atoms with Gasteiger partial charge in [-0.2, -0.15) is 0 Å². The first-order chi connectivity index (χ1) is 8.11. The standard InChI is InChI=1S/C13H27N3O/c1-4-14-13(17)10-16(8-11(2)3)9-12-6-5-7-15-12/h11-12,15H,4-10H2,1-3H3,(H,14,17). The molecule has 1 atom stereocenters.